The van der Waals surface area contributed by atoms with Gasteiger partial charge in [-0.2, -0.15) is 0 Å². The molecule has 80 valence electrons. The van der Waals surface area contributed by atoms with Crippen LogP contribution in [0.5, 0.6) is 0 Å². The predicted octanol–water partition coefficient (Wildman–Crippen LogP) is -1.26. The maximum atomic E-state index is 11.0. The van der Waals surface area contributed by atoms with Crippen LogP contribution < -0.4 is 11.1 Å². The summed E-state index contributed by atoms with van der Waals surface area (Å²) in [6.07, 6.45) is 0.146. The SMILES string of the molecule is CCC(NC(=O)C(N)=O)C1OCCO1. The molecule has 0 radical (unpaired) electrons. The minimum atomic E-state index is -0.999. The van der Waals surface area contributed by atoms with Crippen LogP contribution in [0.25, 0.3) is 0 Å². The molecule has 1 aliphatic rings. The Morgan fingerprint density at radius 1 is 1.50 bits per heavy atom. The Kier molecular flexibility index (Phi) is 3.84. The lowest BCUT2D eigenvalue weighted by molar-refractivity contribution is -0.140. The van der Waals surface area contributed by atoms with Crippen LogP contribution in [-0.2, 0) is 19.1 Å². The van der Waals surface area contributed by atoms with Crippen molar-refractivity contribution in [2.24, 2.45) is 5.73 Å². The molecular weight excluding hydrogens is 188 g/mol. The summed E-state index contributed by atoms with van der Waals surface area (Å²) in [7, 11) is 0. The molecular formula is C8H14N2O4. The van der Waals surface area contributed by atoms with E-state index < -0.39 is 18.1 Å². The molecule has 1 saturated heterocycles. The van der Waals surface area contributed by atoms with Crippen molar-refractivity contribution in [1.82, 2.24) is 5.32 Å². The van der Waals surface area contributed by atoms with Gasteiger partial charge in [0.1, 0.15) is 0 Å². The Morgan fingerprint density at radius 3 is 2.50 bits per heavy atom. The quantitative estimate of drug-likeness (QED) is 0.559. The minimum Gasteiger partial charge on any atom is -0.361 e. The Morgan fingerprint density at radius 2 is 2.07 bits per heavy atom. The summed E-state index contributed by atoms with van der Waals surface area (Å²) >= 11 is 0. The third kappa shape index (κ3) is 2.68. The third-order valence-electron chi connectivity index (χ3n) is 1.96. The van der Waals surface area contributed by atoms with E-state index in [1.54, 1.807) is 0 Å². The van der Waals surface area contributed by atoms with E-state index in [0.29, 0.717) is 19.6 Å². The summed E-state index contributed by atoms with van der Waals surface area (Å²) in [4.78, 5) is 21.5. The number of ether oxygens (including phenoxy) is 2. The van der Waals surface area contributed by atoms with Crippen molar-refractivity contribution >= 4 is 11.8 Å². The lowest BCUT2D eigenvalue weighted by Crippen LogP contribution is -2.47. The lowest BCUT2D eigenvalue weighted by atomic mass is 10.2. The number of primary amides is 1. The first-order valence-corrected chi connectivity index (χ1v) is 4.48. The molecule has 14 heavy (non-hydrogen) atoms. The first-order chi connectivity index (χ1) is 6.65. The van der Waals surface area contributed by atoms with Crippen molar-refractivity contribution in [2.75, 3.05) is 13.2 Å². The van der Waals surface area contributed by atoms with Crippen molar-refractivity contribution in [2.45, 2.75) is 25.7 Å². The van der Waals surface area contributed by atoms with E-state index in [-0.39, 0.29) is 6.04 Å². The van der Waals surface area contributed by atoms with E-state index in [4.69, 9.17) is 15.2 Å². The average Bonchev–Trinajstić information content (AvgIpc) is 2.66. The Bertz CT molecular complexity index is 225. The highest BCUT2D eigenvalue weighted by Gasteiger charge is 2.27. The zero-order chi connectivity index (χ0) is 10.6. The zero-order valence-electron chi connectivity index (χ0n) is 7.99. The van der Waals surface area contributed by atoms with Gasteiger partial charge >= 0.3 is 11.8 Å². The molecule has 0 aromatic rings. The number of carbonyl (C=O) groups excluding carboxylic acids is 2. The van der Waals surface area contributed by atoms with E-state index in [1.165, 1.54) is 0 Å². The van der Waals surface area contributed by atoms with Crippen molar-refractivity contribution in [3.8, 4) is 0 Å². The van der Waals surface area contributed by atoms with E-state index in [9.17, 15) is 9.59 Å². The number of nitrogens with two attached hydrogens (primary N) is 1. The summed E-state index contributed by atoms with van der Waals surface area (Å²) in [5.41, 5.74) is 4.81. The highest BCUT2D eigenvalue weighted by Crippen LogP contribution is 2.10. The molecule has 0 bridgehead atoms. The third-order valence-corrected chi connectivity index (χ3v) is 1.96. The molecule has 1 aliphatic heterocycles. The second-order valence-electron chi connectivity index (χ2n) is 2.96. The molecule has 6 nitrogen and oxygen atoms in total. The maximum Gasteiger partial charge on any atom is 0.309 e. The van der Waals surface area contributed by atoms with Crippen molar-refractivity contribution in [3.63, 3.8) is 0 Å². The van der Waals surface area contributed by atoms with Crippen molar-refractivity contribution in [1.29, 1.82) is 0 Å². The summed E-state index contributed by atoms with van der Waals surface area (Å²) in [5, 5.41) is 2.44. The van der Waals surface area contributed by atoms with Crippen LogP contribution in [0.1, 0.15) is 13.3 Å². The first-order valence-electron chi connectivity index (χ1n) is 4.48. The average molecular weight is 202 g/mol. The topological polar surface area (TPSA) is 90.7 Å². The van der Waals surface area contributed by atoms with Crippen LogP contribution in [-0.4, -0.2) is 37.4 Å². The molecule has 0 spiro atoms. The summed E-state index contributed by atoms with van der Waals surface area (Å²) < 4.78 is 10.4. The van der Waals surface area contributed by atoms with Gasteiger partial charge in [-0.15, -0.1) is 0 Å². The van der Waals surface area contributed by atoms with E-state index >= 15 is 0 Å². The molecule has 0 aromatic heterocycles. The van der Waals surface area contributed by atoms with E-state index in [0.717, 1.165) is 0 Å². The van der Waals surface area contributed by atoms with Gasteiger partial charge in [0.25, 0.3) is 0 Å². The van der Waals surface area contributed by atoms with Crippen LogP contribution in [0.2, 0.25) is 0 Å². The van der Waals surface area contributed by atoms with Crippen LogP contribution in [0, 0.1) is 0 Å². The van der Waals surface area contributed by atoms with Gasteiger partial charge in [-0.05, 0) is 6.42 Å². The van der Waals surface area contributed by atoms with Gasteiger partial charge in [0.15, 0.2) is 6.29 Å². The molecule has 0 aliphatic carbocycles. The van der Waals surface area contributed by atoms with Gasteiger partial charge < -0.3 is 20.5 Å². The monoisotopic (exact) mass is 202 g/mol. The Balaban J connectivity index is 2.45. The second-order valence-corrected chi connectivity index (χ2v) is 2.96. The maximum absolute atomic E-state index is 11.0. The number of amides is 2. The normalized spacial score (nSPS) is 19.2. The first kappa shape index (κ1) is 10.9. The number of carbonyl (C=O) groups is 2. The largest absolute Gasteiger partial charge is 0.361 e. The van der Waals surface area contributed by atoms with Gasteiger partial charge in [0.05, 0.1) is 19.3 Å². The van der Waals surface area contributed by atoms with Gasteiger partial charge in [-0.1, -0.05) is 6.92 Å². The molecule has 1 atom stereocenters. The van der Waals surface area contributed by atoms with E-state index in [2.05, 4.69) is 5.32 Å². The molecule has 1 heterocycles. The number of hydrogen-bond donors (Lipinski definition) is 2. The molecule has 1 rings (SSSR count). The number of nitrogens with one attached hydrogen (secondary N) is 1. The summed E-state index contributed by atoms with van der Waals surface area (Å²) in [6.45, 7) is 2.87. The molecule has 3 N–H and O–H groups in total. The lowest BCUT2D eigenvalue weighted by Gasteiger charge is -2.20. The molecule has 1 unspecified atom stereocenters. The van der Waals surface area contributed by atoms with Gasteiger partial charge in [-0.3, -0.25) is 9.59 Å². The van der Waals surface area contributed by atoms with Crippen molar-refractivity contribution < 1.29 is 19.1 Å². The molecule has 1 fully saturated rings. The minimum absolute atomic E-state index is 0.322. The number of rotatable bonds is 3. The van der Waals surface area contributed by atoms with Crippen LogP contribution in [0.4, 0.5) is 0 Å². The molecule has 6 heteroatoms. The highest BCUT2D eigenvalue weighted by atomic mass is 16.7. The molecule has 2 amide bonds. The zero-order valence-corrected chi connectivity index (χ0v) is 7.99. The van der Waals surface area contributed by atoms with Crippen LogP contribution in [0.15, 0.2) is 0 Å². The Hall–Kier alpha value is -1.14. The van der Waals surface area contributed by atoms with Gasteiger partial charge in [0.2, 0.25) is 0 Å². The van der Waals surface area contributed by atoms with Crippen LogP contribution >= 0.6 is 0 Å². The second kappa shape index (κ2) is 4.92. The van der Waals surface area contributed by atoms with Gasteiger partial charge in [0, 0.05) is 0 Å². The number of hydrogen-bond acceptors (Lipinski definition) is 4. The Labute approximate surface area is 81.7 Å². The fourth-order valence-corrected chi connectivity index (χ4v) is 1.21. The van der Waals surface area contributed by atoms with Crippen molar-refractivity contribution in [3.05, 3.63) is 0 Å². The standard InChI is InChI=1S/C8H14N2O4/c1-2-5(8-13-3-4-14-8)10-7(12)6(9)11/h5,8H,2-4H2,1H3,(H2,9,11)(H,10,12). The fourth-order valence-electron chi connectivity index (χ4n) is 1.21. The smallest absolute Gasteiger partial charge is 0.309 e. The fraction of sp³-hybridized carbons (Fsp3) is 0.750. The van der Waals surface area contributed by atoms with Crippen LogP contribution in [0.3, 0.4) is 0 Å². The molecule has 0 saturated carbocycles. The highest BCUT2D eigenvalue weighted by molar-refractivity contribution is 6.34. The van der Waals surface area contributed by atoms with Gasteiger partial charge in [-0.25, -0.2) is 0 Å². The summed E-state index contributed by atoms with van der Waals surface area (Å²) in [6, 6.07) is -0.322. The summed E-state index contributed by atoms with van der Waals surface area (Å²) in [5.74, 6) is -1.81. The predicted molar refractivity (Wildman–Crippen MR) is 47.1 cm³/mol. The molecule has 0 aromatic carbocycles. The van der Waals surface area contributed by atoms with E-state index in [1.807, 2.05) is 6.92 Å².